The molecule has 1 unspecified atom stereocenters. The summed E-state index contributed by atoms with van der Waals surface area (Å²) >= 11 is 0. The predicted octanol–water partition coefficient (Wildman–Crippen LogP) is 3.66. The number of hydrogen-bond donors (Lipinski definition) is 9. The number of benzene rings is 4. The van der Waals surface area contributed by atoms with Crippen LogP contribution >= 0.6 is 0 Å². The molecule has 3 heterocycles. The van der Waals surface area contributed by atoms with Gasteiger partial charge in [-0.1, -0.05) is 13.0 Å². The fourth-order valence-electron chi connectivity index (χ4n) is 6.56. The Bertz CT molecular complexity index is 1870. The molecule has 4 aromatic rings. The van der Waals surface area contributed by atoms with Crippen molar-refractivity contribution >= 4 is 0 Å². The zero-order chi connectivity index (χ0) is 31.4. The Balaban J connectivity index is 1.51. The summed E-state index contributed by atoms with van der Waals surface area (Å²) in [4.78, 5) is 0. The molecule has 6 atom stereocenters. The van der Waals surface area contributed by atoms with Crippen molar-refractivity contribution in [3.63, 3.8) is 0 Å². The molecular formula is C32H28O12. The fraction of sp³-hybridized carbons (Fsp3) is 0.250. The monoisotopic (exact) mass is 604 g/mol. The molecule has 44 heavy (non-hydrogen) atoms. The van der Waals surface area contributed by atoms with E-state index in [1.807, 2.05) is 0 Å². The van der Waals surface area contributed by atoms with Crippen molar-refractivity contribution in [2.45, 2.75) is 49.8 Å². The molecule has 0 amide bonds. The molecular weight excluding hydrogens is 576 g/mol. The zero-order valence-electron chi connectivity index (χ0n) is 23.3. The van der Waals surface area contributed by atoms with Crippen molar-refractivity contribution in [2.24, 2.45) is 0 Å². The molecule has 0 saturated carbocycles. The maximum Gasteiger partial charge on any atom is 0.305 e. The van der Waals surface area contributed by atoms with Crippen LogP contribution in [0.25, 0.3) is 0 Å². The Kier molecular flexibility index (Phi) is 5.74. The number of fused-ring (bicyclic) bond motifs is 8. The Hall–Kier alpha value is -5.20. The van der Waals surface area contributed by atoms with E-state index in [2.05, 4.69) is 0 Å². The van der Waals surface area contributed by atoms with E-state index in [0.717, 1.165) is 12.1 Å². The van der Waals surface area contributed by atoms with E-state index in [9.17, 15) is 46.0 Å². The number of aromatic hydroxyl groups is 7. The van der Waals surface area contributed by atoms with Gasteiger partial charge in [0.1, 0.15) is 46.7 Å². The van der Waals surface area contributed by atoms with Crippen molar-refractivity contribution in [1.29, 1.82) is 0 Å². The van der Waals surface area contributed by atoms with Gasteiger partial charge in [-0.15, -0.1) is 0 Å². The Morgan fingerprint density at radius 2 is 1.30 bits per heavy atom. The van der Waals surface area contributed by atoms with Gasteiger partial charge >= 0.3 is 5.79 Å². The maximum absolute atomic E-state index is 12.1. The summed E-state index contributed by atoms with van der Waals surface area (Å²) in [6.45, 7) is 3.20. The van der Waals surface area contributed by atoms with E-state index in [0.29, 0.717) is 5.56 Å². The van der Waals surface area contributed by atoms with Gasteiger partial charge in [-0.3, -0.25) is 0 Å². The highest BCUT2D eigenvalue weighted by atomic mass is 16.7. The van der Waals surface area contributed by atoms with Crippen molar-refractivity contribution in [1.82, 2.24) is 0 Å². The van der Waals surface area contributed by atoms with Crippen LogP contribution in [-0.2, 0) is 5.79 Å². The summed E-state index contributed by atoms with van der Waals surface area (Å²) in [6, 6.07) is 10.0. The summed E-state index contributed by atoms with van der Waals surface area (Å²) in [7, 11) is 0. The molecule has 3 aliphatic rings. The van der Waals surface area contributed by atoms with Crippen molar-refractivity contribution in [2.75, 3.05) is 0 Å². The number of rotatable bonds is 2. The predicted molar refractivity (Wildman–Crippen MR) is 151 cm³/mol. The minimum Gasteiger partial charge on any atom is -0.507 e. The Morgan fingerprint density at radius 1 is 0.636 bits per heavy atom. The van der Waals surface area contributed by atoms with Gasteiger partial charge in [0, 0.05) is 45.9 Å². The first-order valence-electron chi connectivity index (χ1n) is 13.7. The lowest BCUT2D eigenvalue weighted by atomic mass is 9.72. The highest BCUT2D eigenvalue weighted by molar-refractivity contribution is 5.70. The van der Waals surface area contributed by atoms with Crippen LogP contribution in [0.2, 0.25) is 0 Å². The summed E-state index contributed by atoms with van der Waals surface area (Å²) < 4.78 is 19.0. The van der Waals surface area contributed by atoms with Gasteiger partial charge in [0.05, 0.1) is 5.92 Å². The molecule has 12 nitrogen and oxygen atoms in total. The number of ether oxygens (including phenoxy) is 3. The third-order valence-corrected chi connectivity index (χ3v) is 8.89. The van der Waals surface area contributed by atoms with E-state index < -0.39 is 58.9 Å². The van der Waals surface area contributed by atoms with E-state index in [4.69, 9.17) is 14.2 Å². The van der Waals surface area contributed by atoms with Gasteiger partial charge in [0.25, 0.3) is 0 Å². The lowest BCUT2D eigenvalue weighted by Crippen LogP contribution is -2.57. The van der Waals surface area contributed by atoms with Gasteiger partial charge in [-0.25, -0.2) is 0 Å². The molecule has 0 aliphatic carbocycles. The molecule has 0 radical (unpaired) electrons. The lowest BCUT2D eigenvalue weighted by molar-refractivity contribution is -0.219. The normalized spacial score (nSPS) is 26.3. The first-order chi connectivity index (χ1) is 20.8. The van der Waals surface area contributed by atoms with Crippen LogP contribution in [0.3, 0.4) is 0 Å². The molecule has 0 spiro atoms. The molecule has 0 aromatic heterocycles. The number of phenols is 7. The summed E-state index contributed by atoms with van der Waals surface area (Å²) in [5.41, 5.74) is 1.08. The average Bonchev–Trinajstić information content (AvgIpc) is 2.96. The highest BCUT2D eigenvalue weighted by Gasteiger charge is 2.60. The second-order valence-corrected chi connectivity index (χ2v) is 11.4. The minimum absolute atomic E-state index is 0.0123. The van der Waals surface area contributed by atoms with Gasteiger partial charge in [0.15, 0.2) is 29.1 Å². The van der Waals surface area contributed by atoms with Crippen molar-refractivity contribution in [3.05, 3.63) is 81.9 Å². The first kappa shape index (κ1) is 27.6. The average molecular weight is 605 g/mol. The molecule has 228 valence electrons. The highest BCUT2D eigenvalue weighted by Crippen LogP contribution is 2.64. The molecule has 7 rings (SSSR count). The largest absolute Gasteiger partial charge is 0.507 e. The van der Waals surface area contributed by atoms with Gasteiger partial charge in [-0.2, -0.15) is 0 Å². The number of aliphatic hydroxyl groups excluding tert-OH is 2. The van der Waals surface area contributed by atoms with E-state index in [-0.39, 0.29) is 62.3 Å². The van der Waals surface area contributed by atoms with Crippen LogP contribution in [0, 0.1) is 6.92 Å². The van der Waals surface area contributed by atoms with E-state index in [1.165, 1.54) is 36.4 Å². The fourth-order valence-corrected chi connectivity index (χ4v) is 6.56. The third kappa shape index (κ3) is 3.58. The van der Waals surface area contributed by atoms with Crippen LogP contribution in [0.4, 0.5) is 0 Å². The Labute approximate surface area is 249 Å². The van der Waals surface area contributed by atoms with Crippen LogP contribution in [0.15, 0.2) is 48.5 Å². The molecule has 9 N–H and O–H groups in total. The number of hydrogen-bond acceptors (Lipinski definition) is 12. The topological polar surface area (TPSA) is 210 Å². The summed E-state index contributed by atoms with van der Waals surface area (Å²) in [6.07, 6.45) is -3.97. The SMILES string of the molecule is Cc1c(O)cc(O)c2c1O[C@@]1(c3ccc(O)c(O)c3)Oc3cc(O)c4c(c3C2[C@H]1O)O[C@@H](c1ccc(O)c(O)c1)[C@@H](O)[C@@H]4C. The minimum atomic E-state index is -2.11. The van der Waals surface area contributed by atoms with Crippen molar-refractivity contribution < 1.29 is 60.2 Å². The van der Waals surface area contributed by atoms with Crippen LogP contribution in [0.1, 0.15) is 58.2 Å². The molecule has 12 heteroatoms. The molecule has 0 fully saturated rings. The smallest absolute Gasteiger partial charge is 0.305 e. The molecule has 3 aliphatic heterocycles. The van der Waals surface area contributed by atoms with Crippen LogP contribution in [0.5, 0.6) is 57.5 Å². The van der Waals surface area contributed by atoms with E-state index >= 15 is 0 Å². The Morgan fingerprint density at radius 3 is 1.98 bits per heavy atom. The van der Waals surface area contributed by atoms with Gasteiger partial charge in [-0.05, 0) is 42.8 Å². The summed E-state index contributed by atoms with van der Waals surface area (Å²) in [5.74, 6) is -6.81. The van der Waals surface area contributed by atoms with Crippen molar-refractivity contribution in [3.8, 4) is 57.5 Å². The molecule has 0 saturated heterocycles. The number of aliphatic hydroxyl groups is 2. The third-order valence-electron chi connectivity index (χ3n) is 8.89. The maximum atomic E-state index is 12.1. The second-order valence-electron chi connectivity index (χ2n) is 11.4. The van der Waals surface area contributed by atoms with Gasteiger partial charge < -0.3 is 60.2 Å². The van der Waals surface area contributed by atoms with Gasteiger partial charge in [0.2, 0.25) is 0 Å². The standard InChI is InChI=1S/C32H28O12/c1-11-17(35)9-20(38)24-26-25-22(43-32(31(26)41,44-28(11)24)14-4-6-16(34)19(37)8-14)10-21(39)23-12(2)27(40)29(42-30(23)25)13-3-5-15(33)18(36)7-13/h3-10,12,26-27,29,31,33-41H,1-2H3/t12-,26?,27+,29+,31-,32-/m1/s1. The molecule has 2 bridgehead atoms. The zero-order valence-corrected chi connectivity index (χ0v) is 23.3. The lowest BCUT2D eigenvalue weighted by Gasteiger charge is -2.51. The van der Waals surface area contributed by atoms with E-state index in [1.54, 1.807) is 13.8 Å². The molecule has 4 aromatic carbocycles. The summed E-state index contributed by atoms with van der Waals surface area (Å²) in [5, 5.41) is 96.6. The van der Waals surface area contributed by atoms with Crippen LogP contribution in [-0.4, -0.2) is 58.2 Å². The second kappa shape index (κ2) is 9.15. The first-order valence-corrected chi connectivity index (χ1v) is 13.7. The van der Waals surface area contributed by atoms with Crippen LogP contribution < -0.4 is 14.2 Å². The number of phenolic OH excluding ortho intramolecular Hbond substituents is 7. The quantitative estimate of drug-likeness (QED) is 0.150.